The van der Waals surface area contributed by atoms with Crippen LogP contribution in [0.3, 0.4) is 0 Å². The number of aromatic nitrogens is 1. The fourth-order valence-electron chi connectivity index (χ4n) is 4.52. The molecule has 2 aromatic carbocycles. The van der Waals surface area contributed by atoms with E-state index in [9.17, 15) is 18.0 Å². The lowest BCUT2D eigenvalue weighted by atomic mass is 9.88. The molecule has 0 saturated carbocycles. The van der Waals surface area contributed by atoms with Gasteiger partial charge in [0.2, 0.25) is 10.0 Å². The summed E-state index contributed by atoms with van der Waals surface area (Å²) in [5, 5.41) is 0. The number of pyridine rings is 1. The standard InChI is InChI=1S/C25H23N3O4S/c29-24-21-8-4-15-26-23(21)25(30)28(24)16-14-17-10-12-19(13-11-17)33(31,32)27-22-9-3-6-18-5-1-2-7-20(18)22/h1-2,4-5,7-8,10-13,15,22,27H,3,6,9,14,16H2/t22-/m1/s1. The molecule has 0 saturated heterocycles. The minimum Gasteiger partial charge on any atom is -0.273 e. The van der Waals surface area contributed by atoms with Gasteiger partial charge < -0.3 is 0 Å². The van der Waals surface area contributed by atoms with E-state index in [4.69, 9.17) is 0 Å². The van der Waals surface area contributed by atoms with Crippen molar-refractivity contribution in [3.05, 3.63) is 94.8 Å². The Balaban J connectivity index is 1.26. The van der Waals surface area contributed by atoms with Crippen LogP contribution in [0.2, 0.25) is 0 Å². The molecule has 5 rings (SSSR count). The van der Waals surface area contributed by atoms with Crippen molar-refractivity contribution in [1.29, 1.82) is 0 Å². The van der Waals surface area contributed by atoms with Gasteiger partial charge in [-0.1, -0.05) is 36.4 Å². The first-order valence-corrected chi connectivity index (χ1v) is 12.4. The maximum Gasteiger partial charge on any atom is 0.280 e. The fraction of sp³-hybridized carbons (Fsp3) is 0.240. The number of amides is 2. The molecule has 33 heavy (non-hydrogen) atoms. The molecule has 1 aromatic heterocycles. The third-order valence-electron chi connectivity index (χ3n) is 6.26. The molecule has 0 unspecified atom stereocenters. The molecule has 168 valence electrons. The van der Waals surface area contributed by atoms with Crippen LogP contribution in [-0.2, 0) is 22.9 Å². The Hall–Kier alpha value is -3.36. The molecule has 2 heterocycles. The molecule has 7 nitrogen and oxygen atoms in total. The number of rotatable bonds is 6. The summed E-state index contributed by atoms with van der Waals surface area (Å²) in [6.07, 6.45) is 4.59. The molecule has 1 aliphatic heterocycles. The molecule has 1 atom stereocenters. The molecule has 2 aliphatic rings. The molecule has 3 aromatic rings. The van der Waals surface area contributed by atoms with Crippen molar-refractivity contribution in [2.45, 2.75) is 36.6 Å². The van der Waals surface area contributed by atoms with Crippen LogP contribution in [0.25, 0.3) is 0 Å². The normalized spacial score (nSPS) is 17.7. The number of nitrogens with one attached hydrogen (secondary N) is 1. The van der Waals surface area contributed by atoms with Gasteiger partial charge in [-0.05, 0) is 66.6 Å². The average molecular weight is 462 g/mol. The molecule has 0 spiro atoms. The molecule has 0 radical (unpaired) electrons. The van der Waals surface area contributed by atoms with Crippen LogP contribution in [0.4, 0.5) is 0 Å². The lowest BCUT2D eigenvalue weighted by Gasteiger charge is -2.26. The van der Waals surface area contributed by atoms with Gasteiger partial charge >= 0.3 is 0 Å². The Morgan fingerprint density at radius 3 is 2.55 bits per heavy atom. The maximum absolute atomic E-state index is 13.0. The Morgan fingerprint density at radius 2 is 1.76 bits per heavy atom. The van der Waals surface area contributed by atoms with E-state index in [1.807, 2.05) is 18.2 Å². The number of carbonyl (C=O) groups is 2. The number of carbonyl (C=O) groups excluding carboxylic acids is 2. The van der Waals surface area contributed by atoms with Crippen LogP contribution in [0.15, 0.2) is 71.8 Å². The van der Waals surface area contributed by atoms with E-state index in [-0.39, 0.29) is 29.1 Å². The van der Waals surface area contributed by atoms with Crippen molar-refractivity contribution >= 4 is 21.8 Å². The van der Waals surface area contributed by atoms with Gasteiger partial charge in [0.05, 0.1) is 10.5 Å². The van der Waals surface area contributed by atoms with Crippen molar-refractivity contribution in [2.75, 3.05) is 6.54 Å². The summed E-state index contributed by atoms with van der Waals surface area (Å²) >= 11 is 0. The lowest BCUT2D eigenvalue weighted by molar-refractivity contribution is 0.0654. The SMILES string of the molecule is O=C1c2cccnc2C(=O)N1CCc1ccc(S(=O)(=O)N[C@@H]2CCCc3ccccc32)cc1. The number of hydrogen-bond donors (Lipinski definition) is 1. The molecule has 0 bridgehead atoms. The molecule has 0 fully saturated rings. The number of hydrogen-bond acceptors (Lipinski definition) is 5. The van der Waals surface area contributed by atoms with Crippen LogP contribution < -0.4 is 4.72 Å². The Labute approximate surface area is 192 Å². The number of fused-ring (bicyclic) bond motifs is 2. The zero-order chi connectivity index (χ0) is 23.0. The minimum atomic E-state index is -3.68. The van der Waals surface area contributed by atoms with E-state index in [0.717, 1.165) is 30.4 Å². The highest BCUT2D eigenvalue weighted by atomic mass is 32.2. The van der Waals surface area contributed by atoms with E-state index in [0.29, 0.717) is 12.0 Å². The number of imide groups is 1. The summed E-state index contributed by atoms with van der Waals surface area (Å²) in [6, 6.07) is 17.5. The van der Waals surface area contributed by atoms with Crippen molar-refractivity contribution < 1.29 is 18.0 Å². The van der Waals surface area contributed by atoms with E-state index >= 15 is 0 Å². The Morgan fingerprint density at radius 1 is 0.970 bits per heavy atom. The number of sulfonamides is 1. The monoisotopic (exact) mass is 461 g/mol. The van der Waals surface area contributed by atoms with Gasteiger partial charge in [0, 0.05) is 18.8 Å². The second-order valence-corrected chi connectivity index (χ2v) is 10.0. The van der Waals surface area contributed by atoms with Gasteiger partial charge in [-0.25, -0.2) is 13.1 Å². The summed E-state index contributed by atoms with van der Waals surface area (Å²) in [7, 11) is -3.68. The predicted molar refractivity (Wildman–Crippen MR) is 122 cm³/mol. The van der Waals surface area contributed by atoms with Crippen LogP contribution in [0.5, 0.6) is 0 Å². The lowest BCUT2D eigenvalue weighted by Crippen LogP contribution is -2.32. The summed E-state index contributed by atoms with van der Waals surface area (Å²) in [5.41, 5.74) is 3.56. The zero-order valence-electron chi connectivity index (χ0n) is 17.9. The molecular formula is C25H23N3O4S. The molecule has 1 aliphatic carbocycles. The summed E-state index contributed by atoms with van der Waals surface area (Å²) in [6.45, 7) is 0.206. The van der Waals surface area contributed by atoms with Crippen molar-refractivity contribution in [1.82, 2.24) is 14.6 Å². The van der Waals surface area contributed by atoms with E-state index in [1.165, 1.54) is 16.7 Å². The topological polar surface area (TPSA) is 96.4 Å². The molecular weight excluding hydrogens is 438 g/mol. The highest BCUT2D eigenvalue weighted by Gasteiger charge is 2.36. The van der Waals surface area contributed by atoms with Crippen molar-refractivity contribution in [3.8, 4) is 0 Å². The largest absolute Gasteiger partial charge is 0.280 e. The van der Waals surface area contributed by atoms with Gasteiger partial charge in [-0.2, -0.15) is 0 Å². The molecule has 8 heteroatoms. The van der Waals surface area contributed by atoms with Crippen LogP contribution in [0, 0.1) is 0 Å². The van der Waals surface area contributed by atoms with E-state index in [1.54, 1.807) is 36.4 Å². The van der Waals surface area contributed by atoms with Gasteiger partial charge in [0.1, 0.15) is 5.69 Å². The quantitative estimate of drug-likeness (QED) is 0.569. The third kappa shape index (κ3) is 4.07. The zero-order valence-corrected chi connectivity index (χ0v) is 18.7. The van der Waals surface area contributed by atoms with Gasteiger partial charge in [-0.15, -0.1) is 0 Å². The van der Waals surface area contributed by atoms with E-state index in [2.05, 4.69) is 15.8 Å². The maximum atomic E-state index is 13.0. The van der Waals surface area contributed by atoms with Crippen LogP contribution >= 0.6 is 0 Å². The van der Waals surface area contributed by atoms with Crippen LogP contribution in [-0.4, -0.2) is 36.7 Å². The Kier molecular flexibility index (Phi) is 5.55. The number of nitrogens with zero attached hydrogens (tertiary/aromatic N) is 2. The predicted octanol–water partition coefficient (Wildman–Crippen LogP) is 3.28. The first-order valence-electron chi connectivity index (χ1n) is 10.9. The fourth-order valence-corrected chi connectivity index (χ4v) is 5.77. The number of benzene rings is 2. The highest BCUT2D eigenvalue weighted by molar-refractivity contribution is 7.89. The highest BCUT2D eigenvalue weighted by Crippen LogP contribution is 2.31. The number of aryl methyl sites for hydroxylation is 1. The van der Waals surface area contributed by atoms with Crippen LogP contribution in [0.1, 0.15) is 56.4 Å². The van der Waals surface area contributed by atoms with Crippen molar-refractivity contribution in [3.63, 3.8) is 0 Å². The van der Waals surface area contributed by atoms with Gasteiger partial charge in [-0.3, -0.25) is 19.5 Å². The average Bonchev–Trinajstić information content (AvgIpc) is 3.08. The first-order chi connectivity index (χ1) is 15.9. The first kappa shape index (κ1) is 21.5. The second kappa shape index (κ2) is 8.53. The second-order valence-electron chi connectivity index (χ2n) is 8.32. The smallest absolute Gasteiger partial charge is 0.273 e. The van der Waals surface area contributed by atoms with Gasteiger partial charge in [0.25, 0.3) is 11.8 Å². The Bertz CT molecular complexity index is 1300. The third-order valence-corrected chi connectivity index (χ3v) is 7.74. The summed E-state index contributed by atoms with van der Waals surface area (Å²) in [4.78, 5) is 30.3. The molecule has 1 N–H and O–H groups in total. The van der Waals surface area contributed by atoms with Crippen molar-refractivity contribution in [2.24, 2.45) is 0 Å². The summed E-state index contributed by atoms with van der Waals surface area (Å²) < 4.78 is 28.8. The van der Waals surface area contributed by atoms with Gasteiger partial charge in [0.15, 0.2) is 0 Å². The summed E-state index contributed by atoms with van der Waals surface area (Å²) in [5.74, 6) is -0.744. The van der Waals surface area contributed by atoms with E-state index < -0.39 is 15.9 Å². The minimum absolute atomic E-state index is 0.180. The molecule has 2 amide bonds.